The molecule has 3 nitrogen and oxygen atoms in total. The van der Waals surface area contributed by atoms with Crippen LogP contribution in [-0.4, -0.2) is 36.1 Å². The van der Waals surface area contributed by atoms with Crippen LogP contribution in [0.4, 0.5) is 0 Å². The first-order chi connectivity index (χ1) is 8.95. The lowest BCUT2D eigenvalue weighted by Crippen LogP contribution is -2.45. The molecule has 0 aliphatic carbocycles. The van der Waals surface area contributed by atoms with Gasteiger partial charge in [0.05, 0.1) is 6.04 Å². The summed E-state index contributed by atoms with van der Waals surface area (Å²) < 4.78 is 0. The van der Waals surface area contributed by atoms with Gasteiger partial charge in [0.15, 0.2) is 0 Å². The van der Waals surface area contributed by atoms with Gasteiger partial charge in [0, 0.05) is 43.4 Å². The van der Waals surface area contributed by atoms with E-state index in [9.17, 15) is 0 Å². The highest BCUT2D eigenvalue weighted by atomic mass is 35.5. The molecule has 0 aromatic carbocycles. The molecule has 3 heterocycles. The standard InChI is InChI=1S/C14H17N3S.2ClH/c1-2-13(18-11-1)14(12-3-5-15-6-4-12)17-9-7-16-8-10-17;;/h1-6,11,14,16H,7-10H2;2*1H/t14-;;/m0../s1. The Morgan fingerprint density at radius 3 is 2.40 bits per heavy atom. The second-order valence-corrected chi connectivity index (χ2v) is 5.46. The van der Waals surface area contributed by atoms with E-state index in [0.717, 1.165) is 26.2 Å². The second kappa shape index (κ2) is 8.60. The zero-order chi connectivity index (χ0) is 12.2. The Morgan fingerprint density at radius 2 is 1.80 bits per heavy atom. The van der Waals surface area contributed by atoms with Crippen molar-refractivity contribution in [2.24, 2.45) is 0 Å². The minimum Gasteiger partial charge on any atom is -0.314 e. The average molecular weight is 332 g/mol. The predicted molar refractivity (Wildman–Crippen MR) is 89.3 cm³/mol. The van der Waals surface area contributed by atoms with Gasteiger partial charge in [-0.1, -0.05) is 6.07 Å². The molecule has 0 saturated carbocycles. The molecule has 20 heavy (non-hydrogen) atoms. The topological polar surface area (TPSA) is 28.2 Å². The van der Waals surface area contributed by atoms with Gasteiger partial charge in [-0.25, -0.2) is 0 Å². The maximum absolute atomic E-state index is 4.13. The van der Waals surface area contributed by atoms with Gasteiger partial charge < -0.3 is 5.32 Å². The van der Waals surface area contributed by atoms with Crippen LogP contribution in [0.25, 0.3) is 0 Å². The van der Waals surface area contributed by atoms with Gasteiger partial charge in [-0.05, 0) is 29.1 Å². The van der Waals surface area contributed by atoms with Crippen LogP contribution in [0.3, 0.4) is 0 Å². The van der Waals surface area contributed by atoms with Gasteiger partial charge in [0.2, 0.25) is 0 Å². The summed E-state index contributed by atoms with van der Waals surface area (Å²) in [5, 5.41) is 5.57. The Bertz CT molecular complexity index is 472. The van der Waals surface area contributed by atoms with Crippen molar-refractivity contribution >= 4 is 36.2 Å². The monoisotopic (exact) mass is 331 g/mol. The first kappa shape index (κ1) is 17.4. The molecule has 0 amide bonds. The third-order valence-corrected chi connectivity index (χ3v) is 4.28. The fourth-order valence-corrected chi connectivity index (χ4v) is 3.37. The molecule has 1 saturated heterocycles. The largest absolute Gasteiger partial charge is 0.314 e. The van der Waals surface area contributed by atoms with Crippen molar-refractivity contribution in [3.05, 3.63) is 52.5 Å². The van der Waals surface area contributed by atoms with Crippen molar-refractivity contribution in [3.8, 4) is 0 Å². The maximum Gasteiger partial charge on any atom is 0.0698 e. The van der Waals surface area contributed by atoms with Crippen LogP contribution in [0.5, 0.6) is 0 Å². The van der Waals surface area contributed by atoms with Crippen molar-refractivity contribution in [1.82, 2.24) is 15.2 Å². The molecule has 2 aromatic heterocycles. The summed E-state index contributed by atoms with van der Waals surface area (Å²) in [6, 6.07) is 9.02. The molecule has 6 heteroatoms. The third kappa shape index (κ3) is 3.93. The average Bonchev–Trinajstić information content (AvgIpc) is 2.95. The van der Waals surface area contributed by atoms with Crippen molar-refractivity contribution in [3.63, 3.8) is 0 Å². The predicted octanol–water partition coefficient (Wildman–Crippen LogP) is 2.98. The van der Waals surface area contributed by atoms with E-state index in [1.807, 2.05) is 23.7 Å². The molecule has 1 N–H and O–H groups in total. The van der Waals surface area contributed by atoms with Gasteiger partial charge in [0.25, 0.3) is 0 Å². The number of pyridine rings is 1. The first-order valence-electron chi connectivity index (χ1n) is 6.33. The van der Waals surface area contributed by atoms with Crippen LogP contribution >= 0.6 is 36.2 Å². The maximum atomic E-state index is 4.13. The Balaban J connectivity index is 0.000001000. The van der Waals surface area contributed by atoms with E-state index in [-0.39, 0.29) is 24.8 Å². The molecule has 1 aliphatic rings. The van der Waals surface area contributed by atoms with Crippen LogP contribution in [0.2, 0.25) is 0 Å². The fraction of sp³-hybridized carbons (Fsp3) is 0.357. The number of rotatable bonds is 3. The summed E-state index contributed by atoms with van der Waals surface area (Å²) in [6.45, 7) is 4.36. The zero-order valence-corrected chi connectivity index (χ0v) is 13.5. The molecule has 1 atom stereocenters. The molecular weight excluding hydrogens is 313 g/mol. The van der Waals surface area contributed by atoms with Crippen LogP contribution in [0.1, 0.15) is 16.5 Å². The lowest BCUT2D eigenvalue weighted by atomic mass is 10.0. The van der Waals surface area contributed by atoms with Crippen LogP contribution in [0.15, 0.2) is 42.0 Å². The highest BCUT2D eigenvalue weighted by Crippen LogP contribution is 2.31. The SMILES string of the molecule is Cl.Cl.c1csc([C@H](c2ccncc2)N2CCNCC2)c1. The minimum absolute atomic E-state index is 0. The fourth-order valence-electron chi connectivity index (χ4n) is 2.49. The number of piperazine rings is 1. The number of hydrogen-bond donors (Lipinski definition) is 1. The summed E-state index contributed by atoms with van der Waals surface area (Å²) in [5.41, 5.74) is 1.34. The van der Waals surface area contributed by atoms with Crippen LogP contribution in [-0.2, 0) is 0 Å². The highest BCUT2D eigenvalue weighted by molar-refractivity contribution is 7.10. The van der Waals surface area contributed by atoms with Gasteiger partial charge in [-0.3, -0.25) is 9.88 Å². The molecule has 0 spiro atoms. The summed E-state index contributed by atoms with van der Waals surface area (Å²) >= 11 is 1.84. The van der Waals surface area contributed by atoms with Crippen molar-refractivity contribution < 1.29 is 0 Å². The van der Waals surface area contributed by atoms with E-state index in [4.69, 9.17) is 0 Å². The molecule has 1 aliphatic heterocycles. The number of halogens is 2. The van der Waals surface area contributed by atoms with E-state index in [1.165, 1.54) is 10.4 Å². The minimum atomic E-state index is 0. The van der Waals surface area contributed by atoms with E-state index in [0.29, 0.717) is 6.04 Å². The van der Waals surface area contributed by atoms with E-state index < -0.39 is 0 Å². The quantitative estimate of drug-likeness (QED) is 0.937. The molecule has 0 bridgehead atoms. The summed E-state index contributed by atoms with van der Waals surface area (Å²) in [5.74, 6) is 0. The Morgan fingerprint density at radius 1 is 1.10 bits per heavy atom. The number of nitrogens with one attached hydrogen (secondary N) is 1. The third-order valence-electron chi connectivity index (χ3n) is 3.35. The number of nitrogens with zero attached hydrogens (tertiary/aromatic N) is 2. The zero-order valence-electron chi connectivity index (χ0n) is 11.1. The Labute approximate surface area is 136 Å². The van der Waals surface area contributed by atoms with Crippen molar-refractivity contribution in [2.45, 2.75) is 6.04 Å². The molecule has 0 radical (unpaired) electrons. The van der Waals surface area contributed by atoms with Crippen molar-refractivity contribution in [2.75, 3.05) is 26.2 Å². The lowest BCUT2D eigenvalue weighted by Gasteiger charge is -2.34. The van der Waals surface area contributed by atoms with Crippen LogP contribution < -0.4 is 5.32 Å². The van der Waals surface area contributed by atoms with Gasteiger partial charge in [-0.15, -0.1) is 36.2 Å². The molecule has 3 rings (SSSR count). The summed E-state index contributed by atoms with van der Waals surface area (Å²) in [4.78, 5) is 8.10. The number of hydrogen-bond acceptors (Lipinski definition) is 4. The smallest absolute Gasteiger partial charge is 0.0698 e. The first-order valence-corrected chi connectivity index (χ1v) is 7.21. The normalized spacial score (nSPS) is 16.8. The molecule has 2 aromatic rings. The van der Waals surface area contributed by atoms with Crippen LogP contribution in [0, 0.1) is 0 Å². The Hall–Kier alpha value is -0.650. The van der Waals surface area contributed by atoms with E-state index >= 15 is 0 Å². The van der Waals surface area contributed by atoms with Gasteiger partial charge in [-0.2, -0.15) is 0 Å². The molecule has 1 fully saturated rings. The number of aromatic nitrogens is 1. The van der Waals surface area contributed by atoms with E-state index in [1.54, 1.807) is 0 Å². The summed E-state index contributed by atoms with van der Waals surface area (Å²) in [6.07, 6.45) is 3.77. The van der Waals surface area contributed by atoms with E-state index in [2.05, 4.69) is 44.8 Å². The Kier molecular flexibility index (Phi) is 7.48. The van der Waals surface area contributed by atoms with Gasteiger partial charge >= 0.3 is 0 Å². The molecular formula is C14H19Cl2N3S. The van der Waals surface area contributed by atoms with Gasteiger partial charge in [0.1, 0.15) is 0 Å². The molecule has 110 valence electrons. The lowest BCUT2D eigenvalue weighted by molar-refractivity contribution is 0.200. The van der Waals surface area contributed by atoms with Crippen molar-refractivity contribution in [1.29, 1.82) is 0 Å². The summed E-state index contributed by atoms with van der Waals surface area (Å²) in [7, 11) is 0. The second-order valence-electron chi connectivity index (χ2n) is 4.48. The molecule has 0 unspecified atom stereocenters. The number of thiophene rings is 1. The highest BCUT2D eigenvalue weighted by Gasteiger charge is 2.24.